The molecule has 1 heterocycles. The van der Waals surface area contributed by atoms with Crippen molar-refractivity contribution in [2.45, 2.75) is 6.43 Å². The Morgan fingerprint density at radius 3 is 2.20 bits per heavy atom. The molecule has 0 aliphatic rings. The van der Waals surface area contributed by atoms with E-state index in [-0.39, 0.29) is 5.56 Å². The van der Waals surface area contributed by atoms with Gasteiger partial charge in [-0.15, -0.1) is 0 Å². The van der Waals surface area contributed by atoms with Crippen LogP contribution in [-0.4, -0.2) is 9.97 Å². The fourth-order valence-electron chi connectivity index (χ4n) is 0.435. The maximum Gasteiger partial charge on any atom is 0.266 e. The molecule has 0 bridgehead atoms. The fraction of sp³-hybridized carbons (Fsp3) is 0.200. The highest BCUT2D eigenvalue weighted by Gasteiger charge is 2.06. The molecular weight excluding hydrogens is 206 g/mol. The van der Waals surface area contributed by atoms with Crippen LogP contribution in [0.1, 0.15) is 12.0 Å². The standard InChI is InChI=1S/C5H3BrF2N2/c6-5-9-1-3(2-10-5)4(7)8/h1-2,4H. The van der Waals surface area contributed by atoms with E-state index >= 15 is 0 Å². The Morgan fingerprint density at radius 1 is 1.30 bits per heavy atom. The Hall–Kier alpha value is -0.580. The lowest BCUT2D eigenvalue weighted by Crippen LogP contribution is -1.88. The van der Waals surface area contributed by atoms with Gasteiger partial charge in [-0.25, -0.2) is 18.7 Å². The van der Waals surface area contributed by atoms with Gasteiger partial charge in [-0.1, -0.05) is 0 Å². The van der Waals surface area contributed by atoms with Crippen molar-refractivity contribution >= 4 is 15.9 Å². The van der Waals surface area contributed by atoms with E-state index in [1.807, 2.05) is 0 Å². The first-order valence-corrected chi connectivity index (χ1v) is 3.25. The Balaban J connectivity index is 2.89. The average Bonchev–Trinajstić information content (AvgIpc) is 1.88. The number of hydrogen-bond acceptors (Lipinski definition) is 2. The second kappa shape index (κ2) is 3.01. The molecule has 0 aliphatic heterocycles. The van der Waals surface area contributed by atoms with E-state index in [9.17, 15) is 8.78 Å². The number of nitrogens with zero attached hydrogens (tertiary/aromatic N) is 2. The minimum atomic E-state index is -2.49. The van der Waals surface area contributed by atoms with Gasteiger partial charge in [0.05, 0.1) is 5.56 Å². The maximum atomic E-state index is 11.8. The van der Waals surface area contributed by atoms with Crippen LogP contribution < -0.4 is 0 Å². The third kappa shape index (κ3) is 1.70. The van der Waals surface area contributed by atoms with Gasteiger partial charge in [0, 0.05) is 12.4 Å². The van der Waals surface area contributed by atoms with Gasteiger partial charge < -0.3 is 0 Å². The minimum absolute atomic E-state index is 0.164. The van der Waals surface area contributed by atoms with Crippen LogP contribution in [0.4, 0.5) is 8.78 Å². The number of halogens is 3. The van der Waals surface area contributed by atoms with Crippen molar-refractivity contribution in [3.05, 3.63) is 22.7 Å². The topological polar surface area (TPSA) is 25.8 Å². The Bertz CT molecular complexity index is 211. The van der Waals surface area contributed by atoms with Gasteiger partial charge in [-0.3, -0.25) is 0 Å². The molecule has 0 radical (unpaired) electrons. The van der Waals surface area contributed by atoms with Crippen LogP contribution in [0, 0.1) is 0 Å². The van der Waals surface area contributed by atoms with E-state index < -0.39 is 6.43 Å². The third-order valence-corrected chi connectivity index (χ3v) is 1.30. The van der Waals surface area contributed by atoms with Crippen LogP contribution in [0.2, 0.25) is 0 Å². The highest BCUT2D eigenvalue weighted by atomic mass is 79.9. The highest BCUT2D eigenvalue weighted by Crippen LogP contribution is 2.16. The van der Waals surface area contributed by atoms with Crippen LogP contribution in [0.5, 0.6) is 0 Å². The lowest BCUT2D eigenvalue weighted by molar-refractivity contribution is 0.150. The summed E-state index contributed by atoms with van der Waals surface area (Å²) in [4.78, 5) is 7.05. The van der Waals surface area contributed by atoms with E-state index in [4.69, 9.17) is 0 Å². The zero-order valence-corrected chi connectivity index (χ0v) is 6.35. The summed E-state index contributed by atoms with van der Waals surface area (Å²) in [5.74, 6) is 0. The molecule has 0 saturated heterocycles. The molecule has 2 nitrogen and oxygen atoms in total. The van der Waals surface area contributed by atoms with Crippen LogP contribution in [0.15, 0.2) is 17.1 Å². The zero-order chi connectivity index (χ0) is 7.56. The zero-order valence-electron chi connectivity index (χ0n) is 4.76. The molecule has 5 heteroatoms. The summed E-state index contributed by atoms with van der Waals surface area (Å²) in [6.45, 7) is 0. The monoisotopic (exact) mass is 208 g/mol. The number of rotatable bonds is 1. The normalized spacial score (nSPS) is 10.4. The van der Waals surface area contributed by atoms with Crippen LogP contribution in [-0.2, 0) is 0 Å². The molecule has 0 amide bonds. The first kappa shape index (κ1) is 7.53. The van der Waals surface area contributed by atoms with Gasteiger partial charge in [-0.2, -0.15) is 0 Å². The van der Waals surface area contributed by atoms with Crippen molar-refractivity contribution in [2.75, 3.05) is 0 Å². The average molecular weight is 209 g/mol. The molecule has 0 unspecified atom stereocenters. The van der Waals surface area contributed by atoms with E-state index in [1.165, 1.54) is 0 Å². The predicted octanol–water partition coefficient (Wildman–Crippen LogP) is 2.18. The van der Waals surface area contributed by atoms with E-state index in [0.29, 0.717) is 4.73 Å². The van der Waals surface area contributed by atoms with E-state index in [0.717, 1.165) is 12.4 Å². The maximum absolute atomic E-state index is 11.8. The second-order valence-corrected chi connectivity index (χ2v) is 2.30. The minimum Gasteiger partial charge on any atom is -0.230 e. The van der Waals surface area contributed by atoms with Crippen LogP contribution in [0.3, 0.4) is 0 Å². The molecule has 0 atom stereocenters. The van der Waals surface area contributed by atoms with Gasteiger partial charge in [-0.05, 0) is 15.9 Å². The molecular formula is C5H3BrF2N2. The molecule has 1 aromatic rings. The van der Waals surface area contributed by atoms with E-state index in [1.54, 1.807) is 0 Å². The van der Waals surface area contributed by atoms with Crippen molar-refractivity contribution in [3.8, 4) is 0 Å². The molecule has 0 fully saturated rings. The fourth-order valence-corrected chi connectivity index (χ4v) is 0.640. The van der Waals surface area contributed by atoms with Crippen LogP contribution in [0.25, 0.3) is 0 Å². The molecule has 54 valence electrons. The summed E-state index contributed by atoms with van der Waals surface area (Å²) in [5, 5.41) is 0. The third-order valence-electron chi connectivity index (χ3n) is 0.892. The summed E-state index contributed by atoms with van der Waals surface area (Å²) in [6, 6.07) is 0. The second-order valence-electron chi connectivity index (χ2n) is 1.59. The molecule has 1 aromatic heterocycles. The highest BCUT2D eigenvalue weighted by molar-refractivity contribution is 9.10. The van der Waals surface area contributed by atoms with Crippen molar-refractivity contribution < 1.29 is 8.78 Å². The molecule has 0 saturated carbocycles. The lowest BCUT2D eigenvalue weighted by Gasteiger charge is -1.95. The summed E-state index contributed by atoms with van der Waals surface area (Å²) < 4.78 is 23.9. The number of hydrogen-bond donors (Lipinski definition) is 0. The van der Waals surface area contributed by atoms with Crippen LogP contribution >= 0.6 is 15.9 Å². The molecule has 10 heavy (non-hydrogen) atoms. The quantitative estimate of drug-likeness (QED) is 0.662. The number of aromatic nitrogens is 2. The van der Waals surface area contributed by atoms with Gasteiger partial charge in [0.1, 0.15) is 0 Å². The first-order valence-electron chi connectivity index (χ1n) is 2.46. The SMILES string of the molecule is FC(F)c1cnc(Br)nc1. The Kier molecular flexibility index (Phi) is 2.26. The summed E-state index contributed by atoms with van der Waals surface area (Å²) in [5.41, 5.74) is -0.164. The van der Waals surface area contributed by atoms with Gasteiger partial charge in [0.15, 0.2) is 4.73 Å². The van der Waals surface area contributed by atoms with Crippen molar-refractivity contribution in [1.82, 2.24) is 9.97 Å². The summed E-state index contributed by atoms with van der Waals surface area (Å²) >= 11 is 2.93. The predicted molar refractivity (Wildman–Crippen MR) is 34.7 cm³/mol. The molecule has 1 rings (SSSR count). The van der Waals surface area contributed by atoms with Gasteiger partial charge in [0.25, 0.3) is 6.43 Å². The van der Waals surface area contributed by atoms with Gasteiger partial charge >= 0.3 is 0 Å². The molecule has 0 N–H and O–H groups in total. The summed E-state index contributed by atoms with van der Waals surface area (Å²) in [7, 11) is 0. The smallest absolute Gasteiger partial charge is 0.230 e. The molecule has 0 spiro atoms. The van der Waals surface area contributed by atoms with Crippen molar-refractivity contribution in [2.24, 2.45) is 0 Å². The summed E-state index contributed by atoms with van der Waals surface area (Å²) in [6.07, 6.45) is -0.322. The molecule has 0 aliphatic carbocycles. The molecule has 0 aromatic carbocycles. The number of alkyl halides is 2. The first-order chi connectivity index (χ1) is 4.70. The van der Waals surface area contributed by atoms with Gasteiger partial charge in [0.2, 0.25) is 0 Å². The Labute approximate surface area is 64.4 Å². The lowest BCUT2D eigenvalue weighted by atomic mass is 10.4. The largest absolute Gasteiger partial charge is 0.266 e. The van der Waals surface area contributed by atoms with Crippen molar-refractivity contribution in [3.63, 3.8) is 0 Å². The van der Waals surface area contributed by atoms with E-state index in [2.05, 4.69) is 25.9 Å². The van der Waals surface area contributed by atoms with Crippen molar-refractivity contribution in [1.29, 1.82) is 0 Å². The Morgan fingerprint density at radius 2 is 1.80 bits per heavy atom.